The van der Waals surface area contributed by atoms with E-state index in [1.807, 2.05) is 30.3 Å². The molecule has 5 heteroatoms. The van der Waals surface area contributed by atoms with Crippen LogP contribution in [0.15, 0.2) is 132 Å². The molecule has 222 valence electrons. The first-order valence-electron chi connectivity index (χ1n) is 15.4. The van der Waals surface area contributed by atoms with Crippen LogP contribution >= 0.6 is 11.6 Å². The summed E-state index contributed by atoms with van der Waals surface area (Å²) in [7, 11) is 0. The lowest BCUT2D eigenvalue weighted by Crippen LogP contribution is -2.10. The van der Waals surface area contributed by atoms with Crippen LogP contribution in [0, 0.1) is 0 Å². The van der Waals surface area contributed by atoms with Crippen molar-refractivity contribution in [2.24, 2.45) is 0 Å². The van der Waals surface area contributed by atoms with Crippen molar-refractivity contribution in [2.75, 3.05) is 0 Å². The molecule has 6 aromatic carbocycles. The highest BCUT2D eigenvalue weighted by molar-refractivity contribution is 6.28. The molecule has 0 aliphatic heterocycles. The highest BCUT2D eigenvalue weighted by atomic mass is 35.5. The van der Waals surface area contributed by atoms with Gasteiger partial charge in [-0.1, -0.05) is 106 Å². The van der Waals surface area contributed by atoms with Gasteiger partial charge in [0.25, 0.3) is 0 Å². The number of fused-ring (bicyclic) bond motifs is 4. The predicted octanol–water partition coefficient (Wildman–Crippen LogP) is 11.5. The third-order valence-electron chi connectivity index (χ3n) is 8.61. The summed E-state index contributed by atoms with van der Waals surface area (Å²) in [6, 6.07) is 44.4. The van der Waals surface area contributed by atoms with Crippen LogP contribution in [0.1, 0.15) is 26.3 Å². The van der Waals surface area contributed by atoms with E-state index in [0.717, 1.165) is 44.2 Å². The fourth-order valence-corrected chi connectivity index (χ4v) is 6.23. The molecule has 0 aliphatic carbocycles. The molecule has 0 saturated heterocycles. The minimum atomic E-state index is 0.0489. The van der Waals surface area contributed by atoms with Gasteiger partial charge in [-0.05, 0) is 98.1 Å². The summed E-state index contributed by atoms with van der Waals surface area (Å²) in [5.74, 6) is 1.01. The van der Waals surface area contributed by atoms with E-state index >= 15 is 0 Å². The van der Waals surface area contributed by atoms with Gasteiger partial charge in [0, 0.05) is 21.9 Å². The topological polar surface area (TPSA) is 51.8 Å². The molecule has 0 N–H and O–H groups in total. The third-order valence-corrected chi connectivity index (χ3v) is 8.77. The van der Waals surface area contributed by atoms with Crippen molar-refractivity contribution in [1.82, 2.24) is 15.0 Å². The molecule has 0 radical (unpaired) electrons. The van der Waals surface area contributed by atoms with Crippen molar-refractivity contribution in [3.63, 3.8) is 0 Å². The van der Waals surface area contributed by atoms with E-state index in [1.54, 1.807) is 0 Å². The van der Waals surface area contributed by atoms with E-state index in [2.05, 4.69) is 128 Å². The maximum atomic E-state index is 6.49. The van der Waals surface area contributed by atoms with E-state index in [4.69, 9.17) is 21.0 Å². The number of aromatic nitrogens is 3. The van der Waals surface area contributed by atoms with Crippen LogP contribution in [0.2, 0.25) is 5.28 Å². The average Bonchev–Trinajstić information content (AvgIpc) is 3.45. The number of rotatable bonds is 4. The molecule has 0 amide bonds. The van der Waals surface area contributed by atoms with Crippen molar-refractivity contribution in [2.45, 2.75) is 26.2 Å². The highest BCUT2D eigenvalue weighted by Gasteiger charge is 2.17. The first-order valence-corrected chi connectivity index (χ1v) is 15.8. The number of benzene rings is 6. The molecule has 0 bridgehead atoms. The Morgan fingerprint density at radius 1 is 0.478 bits per heavy atom. The van der Waals surface area contributed by atoms with E-state index in [-0.39, 0.29) is 10.7 Å². The molecule has 8 rings (SSSR count). The Morgan fingerprint density at radius 2 is 1.11 bits per heavy atom. The number of nitrogens with zero attached hydrogens (tertiary/aromatic N) is 3. The second kappa shape index (κ2) is 10.9. The quantitative estimate of drug-likeness (QED) is 0.198. The largest absolute Gasteiger partial charge is 0.456 e. The predicted molar refractivity (Wildman–Crippen MR) is 190 cm³/mol. The summed E-state index contributed by atoms with van der Waals surface area (Å²) in [6.07, 6.45) is 0. The lowest BCUT2D eigenvalue weighted by molar-refractivity contribution is 0.590. The molecule has 4 nitrogen and oxygen atoms in total. The Labute approximate surface area is 272 Å². The van der Waals surface area contributed by atoms with Gasteiger partial charge in [0.15, 0.2) is 11.6 Å². The third kappa shape index (κ3) is 5.21. The number of furan rings is 1. The molecule has 0 fully saturated rings. The minimum Gasteiger partial charge on any atom is -0.456 e. The molecule has 46 heavy (non-hydrogen) atoms. The van der Waals surface area contributed by atoms with Crippen molar-refractivity contribution < 1.29 is 4.42 Å². The normalized spacial score (nSPS) is 11.9. The van der Waals surface area contributed by atoms with E-state index in [1.165, 1.54) is 27.5 Å². The Balaban J connectivity index is 1.15. The monoisotopic (exact) mass is 615 g/mol. The zero-order valence-corrected chi connectivity index (χ0v) is 26.5. The van der Waals surface area contributed by atoms with Gasteiger partial charge < -0.3 is 4.42 Å². The minimum absolute atomic E-state index is 0.0489. The van der Waals surface area contributed by atoms with Crippen molar-refractivity contribution >= 4 is 44.3 Å². The summed E-state index contributed by atoms with van der Waals surface area (Å²) in [5, 5.41) is 4.69. The van der Waals surface area contributed by atoms with Gasteiger partial charge >= 0.3 is 0 Å². The van der Waals surface area contributed by atoms with Crippen molar-refractivity contribution in [1.29, 1.82) is 0 Å². The lowest BCUT2D eigenvalue weighted by atomic mass is 9.86. The number of hydrogen-bond donors (Lipinski definition) is 0. The van der Waals surface area contributed by atoms with Crippen LogP contribution in [0.4, 0.5) is 0 Å². The SMILES string of the molecule is CC(C)(C)c1ccc2oc3cc(-c4nc(Cl)nc(-c5cccc(-c6ccc7ccc(-c8ccccc8)cc7c6)c5)n4)ccc3c2c1. The molecule has 2 aromatic heterocycles. The summed E-state index contributed by atoms with van der Waals surface area (Å²) in [4.78, 5) is 13.9. The molecule has 0 saturated carbocycles. The maximum absolute atomic E-state index is 6.49. The lowest BCUT2D eigenvalue weighted by Gasteiger charge is -2.18. The Bertz CT molecular complexity index is 2420. The van der Waals surface area contributed by atoms with Crippen molar-refractivity contribution in [3.8, 4) is 45.0 Å². The van der Waals surface area contributed by atoms with E-state index in [0.29, 0.717) is 11.6 Å². The fourth-order valence-electron chi connectivity index (χ4n) is 6.07. The van der Waals surface area contributed by atoms with Crippen molar-refractivity contribution in [3.05, 3.63) is 138 Å². The van der Waals surface area contributed by atoms with Crippen LogP contribution in [-0.2, 0) is 5.41 Å². The molecular weight excluding hydrogens is 586 g/mol. The van der Waals surface area contributed by atoms with Gasteiger partial charge in [-0.25, -0.2) is 4.98 Å². The maximum Gasteiger partial charge on any atom is 0.226 e. The fraction of sp³-hybridized carbons (Fsp3) is 0.0976. The molecular formula is C41H30ClN3O. The Morgan fingerprint density at radius 3 is 1.85 bits per heavy atom. The van der Waals surface area contributed by atoms with Gasteiger partial charge in [-0.3, -0.25) is 0 Å². The molecule has 0 unspecified atom stereocenters. The van der Waals surface area contributed by atoms with Gasteiger partial charge in [0.1, 0.15) is 11.2 Å². The van der Waals surface area contributed by atoms with Gasteiger partial charge in [0.05, 0.1) is 0 Å². The molecule has 8 aromatic rings. The molecule has 2 heterocycles. The number of halogens is 1. The summed E-state index contributed by atoms with van der Waals surface area (Å²) < 4.78 is 6.25. The second-order valence-corrected chi connectivity index (χ2v) is 13.1. The Hall–Kier alpha value is -5.32. The molecule has 0 aliphatic rings. The zero-order chi connectivity index (χ0) is 31.4. The first-order chi connectivity index (χ1) is 22.3. The van der Waals surface area contributed by atoms with Gasteiger partial charge in [0.2, 0.25) is 5.28 Å². The second-order valence-electron chi connectivity index (χ2n) is 12.7. The van der Waals surface area contributed by atoms with Crippen LogP contribution in [0.5, 0.6) is 0 Å². The number of hydrogen-bond acceptors (Lipinski definition) is 4. The molecule has 0 spiro atoms. The van der Waals surface area contributed by atoms with Crippen LogP contribution < -0.4 is 0 Å². The first kappa shape index (κ1) is 28.2. The van der Waals surface area contributed by atoms with E-state index in [9.17, 15) is 0 Å². The summed E-state index contributed by atoms with van der Waals surface area (Å²) in [5.41, 5.74) is 9.22. The van der Waals surface area contributed by atoms with Crippen LogP contribution in [0.25, 0.3) is 77.7 Å². The van der Waals surface area contributed by atoms with E-state index < -0.39 is 0 Å². The highest BCUT2D eigenvalue weighted by Crippen LogP contribution is 2.35. The van der Waals surface area contributed by atoms with Gasteiger partial charge in [-0.15, -0.1) is 0 Å². The summed E-state index contributed by atoms with van der Waals surface area (Å²) in [6.45, 7) is 6.65. The smallest absolute Gasteiger partial charge is 0.226 e. The van der Waals surface area contributed by atoms with Crippen LogP contribution in [-0.4, -0.2) is 15.0 Å². The zero-order valence-electron chi connectivity index (χ0n) is 25.8. The van der Waals surface area contributed by atoms with Gasteiger partial charge in [-0.2, -0.15) is 9.97 Å². The Kier molecular flexibility index (Phi) is 6.70. The molecule has 0 atom stereocenters. The standard InChI is InChI=1S/C41H30ClN3O/c1-41(2,3)33-17-19-36-35(24-33)34-18-16-31(23-37(34)46-36)39-43-38(44-40(42)45-39)30-11-7-10-27(20-30)29-15-13-26-12-14-28(21-32(26)22-29)25-8-5-4-6-9-25/h4-24H,1-3H3. The van der Waals surface area contributed by atoms with Crippen LogP contribution in [0.3, 0.4) is 0 Å². The summed E-state index contributed by atoms with van der Waals surface area (Å²) >= 11 is 6.49. The average molecular weight is 616 g/mol.